The third-order valence-corrected chi connectivity index (χ3v) is 6.23. The average molecular weight is 540 g/mol. The van der Waals surface area contributed by atoms with Gasteiger partial charge >= 0.3 is 6.18 Å². The number of terminal acetylenes is 1. The number of methoxy groups -OCH3 is 1. The molecule has 1 aliphatic heterocycles. The lowest BCUT2D eigenvalue weighted by Gasteiger charge is -2.22. The van der Waals surface area contributed by atoms with Crippen molar-refractivity contribution in [2.45, 2.75) is 25.2 Å². The van der Waals surface area contributed by atoms with Crippen LogP contribution in [0.3, 0.4) is 0 Å². The van der Waals surface area contributed by atoms with Gasteiger partial charge < -0.3 is 15.0 Å². The number of halogens is 4. The Morgan fingerprint density at radius 2 is 2.03 bits per heavy atom. The molecular formula is C25H25F4N3O4S. The molecule has 1 atom stereocenters. The number of amides is 1. The first kappa shape index (κ1) is 28.0. The zero-order valence-corrected chi connectivity index (χ0v) is 20.8. The van der Waals surface area contributed by atoms with Gasteiger partial charge in [0.25, 0.3) is 0 Å². The predicted molar refractivity (Wildman–Crippen MR) is 133 cm³/mol. The van der Waals surface area contributed by atoms with Gasteiger partial charge in [0.2, 0.25) is 15.9 Å². The minimum atomic E-state index is -4.52. The fraction of sp³-hybridized carbons (Fsp3) is 0.320. The first-order chi connectivity index (χ1) is 17.3. The molecule has 12 heteroatoms. The van der Waals surface area contributed by atoms with Gasteiger partial charge in [0.1, 0.15) is 5.82 Å². The molecule has 0 aliphatic carbocycles. The van der Waals surface area contributed by atoms with Crippen LogP contribution in [0.5, 0.6) is 0 Å². The first-order valence-corrected chi connectivity index (χ1v) is 12.9. The van der Waals surface area contributed by atoms with E-state index in [0.29, 0.717) is 30.8 Å². The highest BCUT2D eigenvalue weighted by Gasteiger charge is 2.32. The molecule has 3 rings (SSSR count). The number of hydrogen-bond acceptors (Lipinski definition) is 5. The lowest BCUT2D eigenvalue weighted by Crippen LogP contribution is -2.23. The van der Waals surface area contributed by atoms with Crippen molar-refractivity contribution in [3.8, 4) is 12.3 Å². The number of benzene rings is 2. The number of ether oxygens (including phenoxy) is 1. The highest BCUT2D eigenvalue weighted by molar-refractivity contribution is 7.92. The van der Waals surface area contributed by atoms with Crippen molar-refractivity contribution in [3.05, 3.63) is 64.5 Å². The third-order valence-electron chi connectivity index (χ3n) is 5.65. The van der Waals surface area contributed by atoms with Crippen LogP contribution in [0.25, 0.3) is 6.08 Å². The van der Waals surface area contributed by atoms with E-state index in [1.807, 2.05) is 4.72 Å². The summed E-state index contributed by atoms with van der Waals surface area (Å²) < 4.78 is 84.5. The van der Waals surface area contributed by atoms with E-state index in [-0.39, 0.29) is 29.5 Å². The second kappa shape index (κ2) is 11.2. The van der Waals surface area contributed by atoms with Crippen LogP contribution in [0.4, 0.5) is 28.9 Å². The fourth-order valence-corrected chi connectivity index (χ4v) is 4.43. The van der Waals surface area contributed by atoms with Crippen LogP contribution in [-0.4, -0.2) is 46.9 Å². The maximum atomic E-state index is 14.4. The summed E-state index contributed by atoms with van der Waals surface area (Å²) in [6, 6.07) is 5.68. The van der Waals surface area contributed by atoms with E-state index in [1.54, 1.807) is 12.0 Å². The number of sulfonamides is 1. The highest BCUT2D eigenvalue weighted by Crippen LogP contribution is 2.35. The second-order valence-corrected chi connectivity index (χ2v) is 10.2. The minimum absolute atomic E-state index is 0.0420. The summed E-state index contributed by atoms with van der Waals surface area (Å²) in [7, 11) is -2.23. The van der Waals surface area contributed by atoms with Crippen molar-refractivity contribution in [1.82, 2.24) is 5.32 Å². The number of nitrogens with zero attached hydrogens (tertiary/aromatic N) is 1. The third kappa shape index (κ3) is 7.47. The molecule has 37 heavy (non-hydrogen) atoms. The fourth-order valence-electron chi connectivity index (χ4n) is 3.86. The van der Waals surface area contributed by atoms with Crippen LogP contribution in [0.1, 0.15) is 28.7 Å². The van der Waals surface area contributed by atoms with Gasteiger partial charge in [-0.05, 0) is 47.9 Å². The minimum Gasteiger partial charge on any atom is -0.380 e. The smallest absolute Gasteiger partial charge is 0.380 e. The van der Waals surface area contributed by atoms with Crippen LogP contribution in [0, 0.1) is 18.2 Å². The average Bonchev–Trinajstić information content (AvgIpc) is 3.30. The molecule has 0 spiro atoms. The topological polar surface area (TPSA) is 87.7 Å². The van der Waals surface area contributed by atoms with Gasteiger partial charge in [0.15, 0.2) is 0 Å². The number of nitrogens with one attached hydrogen (secondary N) is 2. The molecule has 2 aromatic rings. The van der Waals surface area contributed by atoms with E-state index < -0.39 is 33.5 Å². The van der Waals surface area contributed by atoms with Gasteiger partial charge in [0, 0.05) is 38.5 Å². The summed E-state index contributed by atoms with van der Waals surface area (Å²) in [4.78, 5) is 14.2. The monoisotopic (exact) mass is 539 g/mol. The summed E-state index contributed by atoms with van der Waals surface area (Å²) in [6.07, 6.45) is 4.81. The number of carbonyl (C=O) groups is 1. The number of carbonyl (C=O) groups excluding carboxylic acids is 1. The Morgan fingerprint density at radius 1 is 1.30 bits per heavy atom. The Bertz CT molecular complexity index is 1350. The zero-order chi connectivity index (χ0) is 27.4. The lowest BCUT2D eigenvalue weighted by molar-refractivity contribution is -0.137. The summed E-state index contributed by atoms with van der Waals surface area (Å²) in [5.41, 5.74) is -0.189. The quantitative estimate of drug-likeness (QED) is 0.303. The van der Waals surface area contributed by atoms with Crippen LogP contribution < -0.4 is 14.9 Å². The number of hydrogen-bond donors (Lipinski definition) is 2. The van der Waals surface area contributed by atoms with Crippen molar-refractivity contribution >= 4 is 33.4 Å². The SMILES string of the molecule is C#Cc1cc(CNC(=O)/C=C/c2ccc(C(F)(F)F)cc2N2CCC(OC)C2)cc(F)c1NS(C)(=O)=O. The van der Waals surface area contributed by atoms with E-state index >= 15 is 0 Å². The van der Waals surface area contributed by atoms with Crippen molar-refractivity contribution in [3.63, 3.8) is 0 Å². The number of alkyl halides is 3. The van der Waals surface area contributed by atoms with Crippen molar-refractivity contribution in [1.29, 1.82) is 0 Å². The Kier molecular flexibility index (Phi) is 8.50. The van der Waals surface area contributed by atoms with Gasteiger partial charge in [0.05, 0.1) is 29.2 Å². The summed E-state index contributed by atoms with van der Waals surface area (Å²) in [5.74, 6) is 0.714. The molecule has 2 aromatic carbocycles. The molecule has 1 fully saturated rings. The van der Waals surface area contributed by atoms with Gasteiger partial charge in [-0.1, -0.05) is 12.0 Å². The van der Waals surface area contributed by atoms with Gasteiger partial charge in [-0.2, -0.15) is 13.2 Å². The normalized spacial score (nSPS) is 16.1. The molecule has 2 N–H and O–H groups in total. The molecule has 1 aliphatic rings. The Morgan fingerprint density at radius 3 is 2.62 bits per heavy atom. The maximum absolute atomic E-state index is 14.4. The predicted octanol–water partition coefficient (Wildman–Crippen LogP) is 3.75. The largest absolute Gasteiger partial charge is 0.416 e. The van der Waals surface area contributed by atoms with Gasteiger partial charge in [-0.3, -0.25) is 9.52 Å². The zero-order valence-electron chi connectivity index (χ0n) is 20.0. The van der Waals surface area contributed by atoms with Crippen LogP contribution in [-0.2, 0) is 32.3 Å². The Balaban J connectivity index is 1.76. The van der Waals surface area contributed by atoms with Crippen LogP contribution in [0.15, 0.2) is 36.4 Å². The first-order valence-electron chi connectivity index (χ1n) is 11.0. The molecule has 198 valence electrons. The van der Waals surface area contributed by atoms with E-state index in [2.05, 4.69) is 11.2 Å². The number of rotatable bonds is 8. The molecular weight excluding hydrogens is 514 g/mol. The highest BCUT2D eigenvalue weighted by atomic mass is 32.2. The molecule has 0 radical (unpaired) electrons. The maximum Gasteiger partial charge on any atom is 0.416 e. The van der Waals surface area contributed by atoms with E-state index in [9.17, 15) is 30.8 Å². The Labute approximate surface area is 212 Å². The molecule has 0 bridgehead atoms. The second-order valence-electron chi connectivity index (χ2n) is 8.43. The van der Waals surface area contributed by atoms with Crippen LogP contribution >= 0.6 is 0 Å². The van der Waals surface area contributed by atoms with E-state index in [4.69, 9.17) is 11.2 Å². The number of anilines is 2. The summed E-state index contributed by atoms with van der Waals surface area (Å²) >= 11 is 0. The molecule has 1 amide bonds. The standard InChI is InChI=1S/C25H25F4N3O4S/c1-4-17-11-16(12-21(26)24(17)31-37(3,34)35)14-30-23(33)8-6-18-5-7-19(25(27,28)29)13-22(18)32-10-9-20(15-32)36-2/h1,5-8,11-13,20,31H,9-10,14-15H2,2-3H3,(H,30,33)/b8-6+. The molecule has 0 aromatic heterocycles. The van der Waals surface area contributed by atoms with Gasteiger partial charge in [-0.25, -0.2) is 12.8 Å². The van der Waals surface area contributed by atoms with Crippen molar-refractivity contribution < 1.29 is 35.5 Å². The summed E-state index contributed by atoms with van der Waals surface area (Å²) in [6.45, 7) is 0.785. The lowest BCUT2D eigenvalue weighted by atomic mass is 10.1. The van der Waals surface area contributed by atoms with E-state index in [1.165, 1.54) is 18.2 Å². The van der Waals surface area contributed by atoms with E-state index in [0.717, 1.165) is 30.5 Å². The molecule has 1 saturated heterocycles. The van der Waals surface area contributed by atoms with Crippen molar-refractivity contribution in [2.75, 3.05) is 36.1 Å². The molecule has 7 nitrogen and oxygen atoms in total. The molecule has 1 heterocycles. The molecule has 0 saturated carbocycles. The van der Waals surface area contributed by atoms with Crippen molar-refractivity contribution in [2.24, 2.45) is 0 Å². The summed E-state index contributed by atoms with van der Waals surface area (Å²) in [5, 5.41) is 2.54. The van der Waals surface area contributed by atoms with Gasteiger partial charge in [-0.15, -0.1) is 6.42 Å². The van der Waals surface area contributed by atoms with Crippen LogP contribution in [0.2, 0.25) is 0 Å². The molecule has 1 unspecified atom stereocenters. The Hall–Kier alpha value is -3.56.